The fourth-order valence-electron chi connectivity index (χ4n) is 1.87. The zero-order chi connectivity index (χ0) is 18.7. The first-order chi connectivity index (χ1) is 11.7. The minimum atomic E-state index is -1.16. The van der Waals surface area contributed by atoms with Crippen molar-refractivity contribution >= 4 is 69.7 Å². The van der Waals surface area contributed by atoms with E-state index >= 15 is 0 Å². The van der Waals surface area contributed by atoms with Crippen molar-refractivity contribution in [2.75, 3.05) is 5.32 Å². The number of anilines is 1. The van der Waals surface area contributed by atoms with E-state index in [9.17, 15) is 9.59 Å². The quantitative estimate of drug-likeness (QED) is 0.626. The summed E-state index contributed by atoms with van der Waals surface area (Å²) in [6.07, 6.45) is 0. The lowest BCUT2D eigenvalue weighted by Gasteiger charge is -2.13. The number of amides is 1. The van der Waals surface area contributed by atoms with Gasteiger partial charge < -0.3 is 10.4 Å². The molecule has 9 heteroatoms. The zero-order valence-electron chi connectivity index (χ0n) is 12.7. The average Bonchev–Trinajstić information content (AvgIpc) is 2.53. The standard InChI is InChI=1S/C16H11Cl3N2O3S/c1-7-2-3-8(4-10(7)17)14(22)21-16(25)20-13-11(18)5-9(15(23)24)6-12(13)19/h2-6H,1H3,(H,23,24)(H2,20,21,22,25). The van der Waals surface area contributed by atoms with Crippen LogP contribution in [0, 0.1) is 6.92 Å². The number of carbonyl (C=O) groups excluding carboxylic acids is 1. The maximum atomic E-state index is 12.2. The first kappa shape index (κ1) is 19.5. The molecule has 0 saturated carbocycles. The number of halogens is 3. The topological polar surface area (TPSA) is 78.4 Å². The van der Waals surface area contributed by atoms with Crippen molar-refractivity contribution < 1.29 is 14.7 Å². The number of carbonyl (C=O) groups is 2. The van der Waals surface area contributed by atoms with E-state index in [2.05, 4.69) is 10.6 Å². The highest BCUT2D eigenvalue weighted by Gasteiger charge is 2.15. The molecule has 5 nitrogen and oxygen atoms in total. The Bertz CT molecular complexity index is 864. The number of hydrogen-bond acceptors (Lipinski definition) is 3. The maximum absolute atomic E-state index is 12.2. The van der Waals surface area contributed by atoms with E-state index in [1.54, 1.807) is 12.1 Å². The molecule has 0 spiro atoms. The Labute approximate surface area is 163 Å². The van der Waals surface area contributed by atoms with Crippen molar-refractivity contribution in [2.45, 2.75) is 6.92 Å². The molecule has 2 aromatic rings. The van der Waals surface area contributed by atoms with Crippen LogP contribution in [0.15, 0.2) is 30.3 Å². The second-order valence-corrected chi connectivity index (χ2v) is 6.62. The van der Waals surface area contributed by atoms with Gasteiger partial charge in [-0.05, 0) is 49.0 Å². The van der Waals surface area contributed by atoms with Crippen molar-refractivity contribution in [1.82, 2.24) is 5.32 Å². The minimum absolute atomic E-state index is 0.0476. The Morgan fingerprint density at radius 2 is 1.56 bits per heavy atom. The van der Waals surface area contributed by atoms with Gasteiger partial charge in [-0.25, -0.2) is 4.79 Å². The molecule has 2 aromatic carbocycles. The molecule has 0 bridgehead atoms. The minimum Gasteiger partial charge on any atom is -0.478 e. The normalized spacial score (nSPS) is 10.2. The van der Waals surface area contributed by atoms with E-state index in [0.717, 1.165) is 5.56 Å². The lowest BCUT2D eigenvalue weighted by molar-refractivity contribution is 0.0696. The van der Waals surface area contributed by atoms with Gasteiger partial charge in [0.1, 0.15) is 0 Å². The lowest BCUT2D eigenvalue weighted by atomic mass is 10.1. The Morgan fingerprint density at radius 3 is 2.08 bits per heavy atom. The fraction of sp³-hybridized carbons (Fsp3) is 0.0625. The first-order valence-corrected chi connectivity index (χ1v) is 8.34. The number of aryl methyl sites for hydroxylation is 1. The molecule has 2 rings (SSSR count). The van der Waals surface area contributed by atoms with E-state index in [-0.39, 0.29) is 26.4 Å². The van der Waals surface area contributed by atoms with Gasteiger partial charge in [0, 0.05) is 10.6 Å². The SMILES string of the molecule is Cc1ccc(C(=O)NC(=S)Nc2c(Cl)cc(C(=O)O)cc2Cl)cc1Cl. The highest BCUT2D eigenvalue weighted by molar-refractivity contribution is 7.80. The third-order valence-electron chi connectivity index (χ3n) is 3.19. The number of thiocarbonyl (C=S) groups is 1. The van der Waals surface area contributed by atoms with Crippen LogP contribution >= 0.6 is 47.0 Å². The van der Waals surface area contributed by atoms with Gasteiger partial charge >= 0.3 is 5.97 Å². The third-order valence-corrected chi connectivity index (χ3v) is 4.40. The van der Waals surface area contributed by atoms with Gasteiger partial charge in [0.25, 0.3) is 5.91 Å². The molecule has 0 aliphatic rings. The third kappa shape index (κ3) is 4.83. The molecule has 3 N–H and O–H groups in total. The van der Waals surface area contributed by atoms with Crippen LogP contribution in [-0.2, 0) is 0 Å². The van der Waals surface area contributed by atoms with Crippen molar-refractivity contribution in [2.24, 2.45) is 0 Å². The van der Waals surface area contributed by atoms with Crippen molar-refractivity contribution in [3.8, 4) is 0 Å². The molecule has 0 unspecified atom stereocenters. The molecule has 0 aliphatic carbocycles. The number of aromatic carboxylic acids is 1. The van der Waals surface area contributed by atoms with Gasteiger partial charge in [0.05, 0.1) is 21.3 Å². The van der Waals surface area contributed by atoms with Crippen LogP contribution < -0.4 is 10.6 Å². The molecule has 0 fully saturated rings. The van der Waals surface area contributed by atoms with E-state index in [1.165, 1.54) is 18.2 Å². The van der Waals surface area contributed by atoms with Gasteiger partial charge in [-0.15, -0.1) is 0 Å². The number of carboxylic acids is 1. The Hall–Kier alpha value is -1.86. The number of benzene rings is 2. The van der Waals surface area contributed by atoms with Crippen LogP contribution in [-0.4, -0.2) is 22.1 Å². The molecule has 0 heterocycles. The number of nitrogens with one attached hydrogen (secondary N) is 2. The predicted octanol–water partition coefficient (Wildman–Crippen LogP) is 4.78. The van der Waals surface area contributed by atoms with Gasteiger partial charge in [0.2, 0.25) is 0 Å². The highest BCUT2D eigenvalue weighted by Crippen LogP contribution is 2.32. The zero-order valence-corrected chi connectivity index (χ0v) is 15.8. The second-order valence-electron chi connectivity index (χ2n) is 4.99. The lowest BCUT2D eigenvalue weighted by Crippen LogP contribution is -2.34. The van der Waals surface area contributed by atoms with Crippen LogP contribution in [0.4, 0.5) is 5.69 Å². The van der Waals surface area contributed by atoms with E-state index in [4.69, 9.17) is 52.1 Å². The molecular weight excluding hydrogens is 407 g/mol. The van der Waals surface area contributed by atoms with E-state index in [0.29, 0.717) is 10.6 Å². The summed E-state index contributed by atoms with van der Waals surface area (Å²) in [5.41, 5.74) is 1.31. The smallest absolute Gasteiger partial charge is 0.335 e. The summed E-state index contributed by atoms with van der Waals surface area (Å²) >= 11 is 23.1. The summed E-state index contributed by atoms with van der Waals surface area (Å²) in [7, 11) is 0. The first-order valence-electron chi connectivity index (χ1n) is 6.80. The van der Waals surface area contributed by atoms with Gasteiger partial charge in [-0.1, -0.05) is 40.9 Å². The summed E-state index contributed by atoms with van der Waals surface area (Å²) in [6, 6.07) is 7.30. The summed E-state index contributed by atoms with van der Waals surface area (Å²) in [6.45, 7) is 1.82. The van der Waals surface area contributed by atoms with Crippen molar-refractivity contribution in [3.63, 3.8) is 0 Å². The van der Waals surface area contributed by atoms with Gasteiger partial charge in [0.15, 0.2) is 5.11 Å². The average molecular weight is 418 g/mol. The van der Waals surface area contributed by atoms with Crippen LogP contribution in [0.2, 0.25) is 15.1 Å². The van der Waals surface area contributed by atoms with Crippen molar-refractivity contribution in [1.29, 1.82) is 0 Å². The van der Waals surface area contributed by atoms with Crippen LogP contribution in [0.5, 0.6) is 0 Å². The Morgan fingerprint density at radius 1 is 1.00 bits per heavy atom. The molecule has 0 saturated heterocycles. The number of hydrogen-bond donors (Lipinski definition) is 3. The van der Waals surface area contributed by atoms with E-state index < -0.39 is 11.9 Å². The number of rotatable bonds is 3. The Kier molecular flexibility index (Phi) is 6.24. The van der Waals surface area contributed by atoms with Gasteiger partial charge in [-0.2, -0.15) is 0 Å². The number of carboxylic acid groups (broad SMARTS) is 1. The summed E-state index contributed by atoms with van der Waals surface area (Å²) in [5, 5.41) is 14.6. The molecular formula is C16H11Cl3N2O3S. The molecule has 0 aromatic heterocycles. The molecule has 0 radical (unpaired) electrons. The highest BCUT2D eigenvalue weighted by atomic mass is 35.5. The molecule has 130 valence electrons. The predicted molar refractivity (Wildman–Crippen MR) is 103 cm³/mol. The molecule has 25 heavy (non-hydrogen) atoms. The maximum Gasteiger partial charge on any atom is 0.335 e. The monoisotopic (exact) mass is 416 g/mol. The second kappa shape index (κ2) is 8.01. The molecule has 0 aliphatic heterocycles. The molecule has 0 atom stereocenters. The van der Waals surface area contributed by atoms with Crippen LogP contribution in [0.25, 0.3) is 0 Å². The fourth-order valence-corrected chi connectivity index (χ4v) is 2.83. The van der Waals surface area contributed by atoms with Crippen molar-refractivity contribution in [3.05, 3.63) is 62.1 Å². The van der Waals surface area contributed by atoms with Crippen LogP contribution in [0.3, 0.4) is 0 Å². The summed E-state index contributed by atoms with van der Waals surface area (Å²) < 4.78 is 0. The Balaban J connectivity index is 2.13. The molecule has 1 amide bonds. The summed E-state index contributed by atoms with van der Waals surface area (Å²) in [4.78, 5) is 23.1. The van der Waals surface area contributed by atoms with Crippen LogP contribution in [0.1, 0.15) is 26.3 Å². The van der Waals surface area contributed by atoms with Gasteiger partial charge in [-0.3, -0.25) is 10.1 Å². The van der Waals surface area contributed by atoms with E-state index in [1.807, 2.05) is 6.92 Å². The largest absolute Gasteiger partial charge is 0.478 e. The summed E-state index contributed by atoms with van der Waals surface area (Å²) in [5.74, 6) is -1.63.